The average Bonchev–Trinajstić information content (AvgIpc) is 2.69. The Balaban J connectivity index is 1.55. The van der Waals surface area contributed by atoms with Gasteiger partial charge in [0.05, 0.1) is 11.4 Å². The Kier molecular flexibility index (Phi) is 5.38. The fourth-order valence-corrected chi connectivity index (χ4v) is 5.11. The van der Waals surface area contributed by atoms with E-state index in [0.717, 1.165) is 16.8 Å². The molecule has 1 aliphatic heterocycles. The summed E-state index contributed by atoms with van der Waals surface area (Å²) in [5.41, 5.74) is 3.18. The van der Waals surface area contributed by atoms with Crippen LogP contribution in [0.25, 0.3) is 11.4 Å². The van der Waals surface area contributed by atoms with Gasteiger partial charge < -0.3 is 0 Å². The van der Waals surface area contributed by atoms with Crippen LogP contribution in [-0.2, 0) is 28.7 Å². The third kappa shape index (κ3) is 4.05. The number of fused-ring (bicyclic) bond motifs is 1. The molecular formula is C20H17Cl2N3O2S. The fraction of sp³-hybridized carbons (Fsp3) is 0.200. The number of halogens is 2. The molecule has 1 aromatic heterocycles. The second-order valence-corrected chi connectivity index (χ2v) is 9.42. The molecule has 0 radical (unpaired) electrons. The molecule has 5 nitrogen and oxygen atoms in total. The highest BCUT2D eigenvalue weighted by Gasteiger charge is 2.28. The van der Waals surface area contributed by atoms with Crippen molar-refractivity contribution in [2.45, 2.75) is 18.7 Å². The lowest BCUT2D eigenvalue weighted by Crippen LogP contribution is -2.37. The van der Waals surface area contributed by atoms with Gasteiger partial charge in [-0.25, -0.2) is 18.4 Å². The summed E-state index contributed by atoms with van der Waals surface area (Å²) in [6.45, 7) is 0.653. The van der Waals surface area contributed by atoms with E-state index in [1.54, 1.807) is 42.6 Å². The third-order valence-electron chi connectivity index (χ3n) is 4.69. The van der Waals surface area contributed by atoms with E-state index in [9.17, 15) is 8.42 Å². The van der Waals surface area contributed by atoms with Crippen molar-refractivity contribution in [3.05, 3.63) is 81.6 Å². The molecule has 0 aliphatic carbocycles. The predicted molar refractivity (Wildman–Crippen MR) is 111 cm³/mol. The molecule has 0 spiro atoms. The first-order chi connectivity index (χ1) is 13.4. The summed E-state index contributed by atoms with van der Waals surface area (Å²) in [5, 5.41) is 1.11. The maximum absolute atomic E-state index is 12.9. The number of nitrogens with zero attached hydrogens (tertiary/aromatic N) is 3. The van der Waals surface area contributed by atoms with Gasteiger partial charge in [-0.3, -0.25) is 0 Å². The van der Waals surface area contributed by atoms with Crippen molar-refractivity contribution in [3.8, 4) is 11.4 Å². The van der Waals surface area contributed by atoms with E-state index in [1.165, 1.54) is 4.31 Å². The van der Waals surface area contributed by atoms with Gasteiger partial charge in [0.15, 0.2) is 5.82 Å². The summed E-state index contributed by atoms with van der Waals surface area (Å²) >= 11 is 12.1. The van der Waals surface area contributed by atoms with Gasteiger partial charge in [0.1, 0.15) is 0 Å². The molecule has 2 heterocycles. The van der Waals surface area contributed by atoms with Crippen molar-refractivity contribution in [1.29, 1.82) is 0 Å². The van der Waals surface area contributed by atoms with Crippen LogP contribution in [0.3, 0.4) is 0 Å². The van der Waals surface area contributed by atoms with Gasteiger partial charge in [0.25, 0.3) is 0 Å². The van der Waals surface area contributed by atoms with Crippen LogP contribution < -0.4 is 0 Å². The topological polar surface area (TPSA) is 63.2 Å². The first kappa shape index (κ1) is 19.3. The van der Waals surface area contributed by atoms with Gasteiger partial charge in [-0.15, -0.1) is 0 Å². The Labute approximate surface area is 174 Å². The van der Waals surface area contributed by atoms with Crippen molar-refractivity contribution in [3.63, 3.8) is 0 Å². The molecule has 0 saturated heterocycles. The molecule has 0 unspecified atom stereocenters. The number of hydrogen-bond donors (Lipinski definition) is 0. The molecule has 0 atom stereocenters. The summed E-state index contributed by atoms with van der Waals surface area (Å²) in [6, 6.07) is 14.3. The first-order valence-electron chi connectivity index (χ1n) is 8.74. The van der Waals surface area contributed by atoms with Crippen LogP contribution in [0.5, 0.6) is 0 Å². The highest BCUT2D eigenvalue weighted by atomic mass is 35.5. The second-order valence-electron chi connectivity index (χ2n) is 6.60. The maximum atomic E-state index is 12.9. The Morgan fingerprint density at radius 1 is 1.04 bits per heavy atom. The van der Waals surface area contributed by atoms with Gasteiger partial charge in [0, 0.05) is 46.9 Å². The van der Waals surface area contributed by atoms with Crippen LogP contribution in [0, 0.1) is 0 Å². The Bertz CT molecular complexity index is 1120. The minimum Gasteiger partial charge on any atom is -0.236 e. The van der Waals surface area contributed by atoms with Crippen LogP contribution in [-0.4, -0.2) is 29.2 Å². The SMILES string of the molecule is O=S(=O)(Cc1ccccc1Cl)N1CCc2nc(-c3ccc(Cl)cc3)ncc2C1. The van der Waals surface area contributed by atoms with Gasteiger partial charge >= 0.3 is 0 Å². The molecule has 1 aliphatic rings. The highest BCUT2D eigenvalue weighted by molar-refractivity contribution is 7.88. The van der Waals surface area contributed by atoms with Crippen LogP contribution in [0.2, 0.25) is 10.0 Å². The molecule has 0 saturated carbocycles. The van der Waals surface area contributed by atoms with E-state index in [4.69, 9.17) is 23.2 Å². The van der Waals surface area contributed by atoms with E-state index < -0.39 is 10.0 Å². The molecule has 0 N–H and O–H groups in total. The summed E-state index contributed by atoms with van der Waals surface area (Å²) < 4.78 is 27.2. The zero-order valence-corrected chi connectivity index (χ0v) is 17.2. The van der Waals surface area contributed by atoms with Crippen molar-refractivity contribution in [1.82, 2.24) is 14.3 Å². The standard InChI is InChI=1S/C20H17Cl2N3O2S/c21-17-7-5-14(6-8-17)20-23-11-16-12-25(10-9-19(16)24-20)28(26,27)13-15-3-1-2-4-18(15)22/h1-8,11H,9-10,12-13H2. The normalized spacial score (nSPS) is 14.6. The number of aromatic nitrogens is 2. The molecule has 4 rings (SSSR count). The van der Waals surface area contributed by atoms with E-state index >= 15 is 0 Å². The summed E-state index contributed by atoms with van der Waals surface area (Å²) in [5.74, 6) is 0.494. The fourth-order valence-electron chi connectivity index (χ4n) is 3.17. The number of sulfonamides is 1. The van der Waals surface area contributed by atoms with Crippen molar-refractivity contribution in [2.24, 2.45) is 0 Å². The minimum atomic E-state index is -3.49. The largest absolute Gasteiger partial charge is 0.236 e. The zero-order chi connectivity index (χ0) is 19.7. The van der Waals surface area contributed by atoms with Gasteiger partial charge in [-0.1, -0.05) is 41.4 Å². The summed E-state index contributed by atoms with van der Waals surface area (Å²) in [6.07, 6.45) is 2.25. The van der Waals surface area contributed by atoms with E-state index in [-0.39, 0.29) is 12.3 Å². The second kappa shape index (κ2) is 7.79. The van der Waals surface area contributed by atoms with E-state index in [2.05, 4.69) is 9.97 Å². The number of benzene rings is 2. The smallest absolute Gasteiger partial charge is 0.218 e. The Hall–Kier alpha value is -1.99. The zero-order valence-electron chi connectivity index (χ0n) is 14.8. The lowest BCUT2D eigenvalue weighted by molar-refractivity contribution is 0.386. The molecule has 0 bridgehead atoms. The molecular weight excluding hydrogens is 417 g/mol. The number of rotatable bonds is 4. The van der Waals surface area contributed by atoms with Gasteiger partial charge in [0.2, 0.25) is 10.0 Å². The molecule has 2 aromatic carbocycles. The maximum Gasteiger partial charge on any atom is 0.218 e. The van der Waals surface area contributed by atoms with Crippen LogP contribution in [0.1, 0.15) is 16.8 Å². The van der Waals surface area contributed by atoms with Crippen molar-refractivity contribution < 1.29 is 8.42 Å². The third-order valence-corrected chi connectivity index (χ3v) is 7.09. The van der Waals surface area contributed by atoms with Gasteiger partial charge in [-0.05, 0) is 35.9 Å². The summed E-state index contributed by atoms with van der Waals surface area (Å²) in [7, 11) is -3.49. The lowest BCUT2D eigenvalue weighted by atomic mass is 10.1. The van der Waals surface area contributed by atoms with E-state index in [0.29, 0.717) is 34.4 Å². The Morgan fingerprint density at radius 3 is 2.54 bits per heavy atom. The molecule has 8 heteroatoms. The monoisotopic (exact) mass is 433 g/mol. The molecule has 0 amide bonds. The molecule has 28 heavy (non-hydrogen) atoms. The van der Waals surface area contributed by atoms with Crippen LogP contribution in [0.15, 0.2) is 54.7 Å². The highest BCUT2D eigenvalue weighted by Crippen LogP contribution is 2.26. The molecule has 144 valence electrons. The van der Waals surface area contributed by atoms with Gasteiger partial charge in [-0.2, -0.15) is 4.31 Å². The number of hydrogen-bond acceptors (Lipinski definition) is 4. The molecule has 3 aromatic rings. The summed E-state index contributed by atoms with van der Waals surface area (Å²) in [4.78, 5) is 9.04. The first-order valence-corrected chi connectivity index (χ1v) is 11.1. The predicted octanol–water partition coefficient (Wildman–Crippen LogP) is 4.34. The average molecular weight is 434 g/mol. The van der Waals surface area contributed by atoms with Crippen LogP contribution >= 0.6 is 23.2 Å². The Morgan fingerprint density at radius 2 is 1.79 bits per heavy atom. The minimum absolute atomic E-state index is 0.119. The van der Waals surface area contributed by atoms with Crippen LogP contribution in [0.4, 0.5) is 0 Å². The quantitative estimate of drug-likeness (QED) is 0.613. The van der Waals surface area contributed by atoms with E-state index in [1.807, 2.05) is 12.1 Å². The lowest BCUT2D eigenvalue weighted by Gasteiger charge is -2.27. The van der Waals surface area contributed by atoms with Crippen molar-refractivity contribution in [2.75, 3.05) is 6.54 Å². The van der Waals surface area contributed by atoms with Crippen molar-refractivity contribution >= 4 is 33.2 Å². The molecule has 0 fully saturated rings.